The number of benzene rings is 2. The van der Waals surface area contributed by atoms with Crippen molar-refractivity contribution in [3.63, 3.8) is 0 Å². The van der Waals surface area contributed by atoms with E-state index in [-0.39, 0.29) is 16.0 Å². The Morgan fingerprint density at radius 3 is 2.09 bits per heavy atom. The van der Waals surface area contributed by atoms with E-state index in [2.05, 4.69) is 5.32 Å². The molecule has 0 aliphatic carbocycles. The van der Waals surface area contributed by atoms with Gasteiger partial charge in [-0.15, -0.1) is 11.3 Å². The maximum atomic E-state index is 13.1. The van der Waals surface area contributed by atoms with E-state index in [1.165, 1.54) is 39.9 Å². The predicted molar refractivity (Wildman–Crippen MR) is 141 cm³/mol. The van der Waals surface area contributed by atoms with Crippen LogP contribution in [0.4, 0.5) is 5.00 Å². The monoisotopic (exact) mass is 513 g/mol. The third-order valence-corrected chi connectivity index (χ3v) is 8.57. The van der Waals surface area contributed by atoms with Crippen molar-refractivity contribution in [1.29, 1.82) is 0 Å². The van der Waals surface area contributed by atoms with E-state index >= 15 is 0 Å². The van der Waals surface area contributed by atoms with Crippen molar-refractivity contribution < 1.29 is 18.0 Å². The van der Waals surface area contributed by atoms with Crippen LogP contribution in [0.5, 0.6) is 0 Å². The lowest BCUT2D eigenvalue weighted by molar-refractivity contribution is 0.100. The minimum atomic E-state index is -3.65. The molecule has 0 atom stereocenters. The van der Waals surface area contributed by atoms with E-state index in [1.54, 1.807) is 6.07 Å². The molecule has 0 aliphatic heterocycles. The lowest BCUT2D eigenvalue weighted by Gasteiger charge is -2.22. The van der Waals surface area contributed by atoms with Crippen molar-refractivity contribution in [2.75, 3.05) is 18.4 Å². The Morgan fingerprint density at radius 2 is 1.54 bits per heavy atom. The SMILES string of the molecule is CCCCN(CCCC)S(=O)(=O)c1ccc(C(=O)Nc2sc(-c3ccccc3)cc2C(N)=O)cc1. The number of carbonyl (C=O) groups excluding carboxylic acids is 2. The van der Waals surface area contributed by atoms with Crippen molar-refractivity contribution in [3.05, 3.63) is 71.8 Å². The highest BCUT2D eigenvalue weighted by Crippen LogP contribution is 2.35. The summed E-state index contributed by atoms with van der Waals surface area (Å²) >= 11 is 1.26. The quantitative estimate of drug-likeness (QED) is 0.340. The summed E-state index contributed by atoms with van der Waals surface area (Å²) in [5.74, 6) is -1.09. The van der Waals surface area contributed by atoms with Gasteiger partial charge in [0, 0.05) is 23.5 Å². The average Bonchev–Trinajstić information content (AvgIpc) is 3.28. The van der Waals surface area contributed by atoms with Gasteiger partial charge in [-0.2, -0.15) is 4.31 Å². The first-order chi connectivity index (χ1) is 16.8. The number of carbonyl (C=O) groups is 2. The zero-order chi connectivity index (χ0) is 25.4. The lowest BCUT2D eigenvalue weighted by atomic mass is 10.1. The molecule has 0 radical (unpaired) electrons. The normalized spacial score (nSPS) is 11.5. The van der Waals surface area contributed by atoms with Gasteiger partial charge in [0.05, 0.1) is 10.5 Å². The summed E-state index contributed by atoms with van der Waals surface area (Å²) < 4.78 is 27.8. The van der Waals surface area contributed by atoms with Crippen LogP contribution in [0, 0.1) is 0 Å². The van der Waals surface area contributed by atoms with Crippen molar-refractivity contribution in [2.24, 2.45) is 5.73 Å². The third-order valence-electron chi connectivity index (χ3n) is 5.56. The molecule has 0 bridgehead atoms. The molecule has 1 aromatic heterocycles. The van der Waals surface area contributed by atoms with Gasteiger partial charge in [-0.1, -0.05) is 57.0 Å². The van der Waals surface area contributed by atoms with Crippen LogP contribution in [0.3, 0.4) is 0 Å². The number of primary amides is 1. The fourth-order valence-electron chi connectivity index (χ4n) is 3.54. The maximum absolute atomic E-state index is 13.1. The van der Waals surface area contributed by atoms with Crippen LogP contribution in [-0.4, -0.2) is 37.6 Å². The second kappa shape index (κ2) is 12.1. The Balaban J connectivity index is 1.80. The first kappa shape index (κ1) is 26.6. The highest BCUT2D eigenvalue weighted by atomic mass is 32.2. The van der Waals surface area contributed by atoms with Gasteiger partial charge in [0.25, 0.3) is 11.8 Å². The minimum absolute atomic E-state index is 0.154. The molecule has 0 aliphatic rings. The molecule has 2 amide bonds. The fraction of sp³-hybridized carbons (Fsp3) is 0.308. The second-order valence-corrected chi connectivity index (χ2v) is 11.2. The Hall–Kier alpha value is -3.01. The number of nitrogens with one attached hydrogen (secondary N) is 1. The van der Waals surface area contributed by atoms with E-state index < -0.39 is 21.8 Å². The topological polar surface area (TPSA) is 110 Å². The molecule has 0 fully saturated rings. The second-order valence-electron chi connectivity index (χ2n) is 8.17. The highest BCUT2D eigenvalue weighted by molar-refractivity contribution is 7.89. The molecule has 0 saturated heterocycles. The zero-order valence-electron chi connectivity index (χ0n) is 20.0. The van der Waals surface area contributed by atoms with E-state index in [0.29, 0.717) is 18.1 Å². The summed E-state index contributed by atoms with van der Waals surface area (Å²) in [7, 11) is -3.65. The highest BCUT2D eigenvalue weighted by Gasteiger charge is 2.24. The molecule has 0 saturated carbocycles. The zero-order valence-corrected chi connectivity index (χ0v) is 21.6. The van der Waals surface area contributed by atoms with Gasteiger partial charge >= 0.3 is 0 Å². The minimum Gasteiger partial charge on any atom is -0.366 e. The molecule has 186 valence electrons. The van der Waals surface area contributed by atoms with Crippen LogP contribution in [0.15, 0.2) is 65.6 Å². The Morgan fingerprint density at radius 1 is 0.943 bits per heavy atom. The van der Waals surface area contributed by atoms with Crippen molar-refractivity contribution in [2.45, 2.75) is 44.4 Å². The van der Waals surface area contributed by atoms with Gasteiger partial charge in [-0.05, 0) is 48.7 Å². The number of anilines is 1. The van der Waals surface area contributed by atoms with Crippen LogP contribution in [0.25, 0.3) is 10.4 Å². The molecule has 3 aromatic rings. The Labute approximate surface area is 211 Å². The van der Waals surface area contributed by atoms with Gasteiger partial charge in [-0.3, -0.25) is 9.59 Å². The number of rotatable bonds is 12. The number of hydrogen-bond acceptors (Lipinski definition) is 5. The molecule has 7 nitrogen and oxygen atoms in total. The molecule has 3 N–H and O–H groups in total. The van der Waals surface area contributed by atoms with Crippen LogP contribution in [0.1, 0.15) is 60.2 Å². The van der Waals surface area contributed by atoms with Crippen LogP contribution < -0.4 is 11.1 Å². The van der Waals surface area contributed by atoms with Crippen molar-refractivity contribution in [3.8, 4) is 10.4 Å². The summed E-state index contributed by atoms with van der Waals surface area (Å²) in [5, 5.41) is 3.10. The van der Waals surface area contributed by atoms with E-state index in [1.807, 2.05) is 44.2 Å². The van der Waals surface area contributed by atoms with E-state index in [0.717, 1.165) is 36.1 Å². The first-order valence-electron chi connectivity index (χ1n) is 11.7. The molecule has 0 unspecified atom stereocenters. The molecule has 3 rings (SSSR count). The summed E-state index contributed by atoms with van der Waals surface area (Å²) in [4.78, 5) is 25.8. The average molecular weight is 514 g/mol. The molecule has 1 heterocycles. The molecular formula is C26H31N3O4S2. The molecule has 35 heavy (non-hydrogen) atoms. The largest absolute Gasteiger partial charge is 0.366 e. The van der Waals surface area contributed by atoms with Gasteiger partial charge in [0.1, 0.15) is 5.00 Å². The van der Waals surface area contributed by atoms with Gasteiger partial charge < -0.3 is 11.1 Å². The number of sulfonamides is 1. The van der Waals surface area contributed by atoms with E-state index in [4.69, 9.17) is 5.73 Å². The predicted octanol–water partition coefficient (Wildman–Crippen LogP) is 5.36. The maximum Gasteiger partial charge on any atom is 0.256 e. The van der Waals surface area contributed by atoms with Crippen molar-refractivity contribution in [1.82, 2.24) is 4.31 Å². The summed E-state index contributed by atoms with van der Waals surface area (Å²) in [6.45, 7) is 4.99. The Bertz CT molecular complexity index is 1250. The van der Waals surface area contributed by atoms with Gasteiger partial charge in [0.2, 0.25) is 10.0 Å². The third kappa shape index (κ3) is 6.56. The standard InChI is InChI=1S/C26H31N3O4S2/c1-3-5-16-29(17-6-4-2)35(32,33)21-14-12-20(13-15-21)25(31)28-26-22(24(27)30)18-23(34-26)19-10-8-7-9-11-19/h7-15,18H,3-6,16-17H2,1-2H3,(H2,27,30)(H,28,31). The van der Waals surface area contributed by atoms with Crippen molar-refractivity contribution >= 4 is 38.2 Å². The Kier molecular flexibility index (Phi) is 9.20. The van der Waals surface area contributed by atoms with Gasteiger partial charge in [0.15, 0.2) is 0 Å². The lowest BCUT2D eigenvalue weighted by Crippen LogP contribution is -2.33. The summed E-state index contributed by atoms with van der Waals surface area (Å²) in [6.07, 6.45) is 3.38. The van der Waals surface area contributed by atoms with Gasteiger partial charge in [-0.25, -0.2) is 8.42 Å². The van der Waals surface area contributed by atoms with E-state index in [9.17, 15) is 18.0 Å². The number of amides is 2. The number of hydrogen-bond donors (Lipinski definition) is 2. The summed E-state index contributed by atoms with van der Waals surface area (Å²) in [5.41, 5.74) is 6.95. The first-order valence-corrected chi connectivity index (χ1v) is 13.9. The molecule has 9 heteroatoms. The van der Waals surface area contributed by atoms with Crippen LogP contribution in [0.2, 0.25) is 0 Å². The summed E-state index contributed by atoms with van der Waals surface area (Å²) in [6, 6.07) is 17.0. The molecule has 0 spiro atoms. The number of nitrogens with two attached hydrogens (primary N) is 1. The number of thiophene rings is 1. The number of unbranched alkanes of at least 4 members (excludes halogenated alkanes) is 2. The molecular weight excluding hydrogens is 482 g/mol. The van der Waals surface area contributed by atoms with Crippen LogP contribution >= 0.6 is 11.3 Å². The molecule has 2 aromatic carbocycles. The smallest absolute Gasteiger partial charge is 0.256 e. The fourth-order valence-corrected chi connectivity index (χ4v) is 6.12. The number of nitrogens with zero attached hydrogens (tertiary/aromatic N) is 1. The van der Waals surface area contributed by atoms with Crippen LogP contribution in [-0.2, 0) is 10.0 Å².